The minimum Gasteiger partial charge on any atom is -0.489 e. The predicted molar refractivity (Wildman–Crippen MR) is 105 cm³/mol. The molecule has 4 heteroatoms. The first-order chi connectivity index (χ1) is 12.5. The predicted octanol–water partition coefficient (Wildman–Crippen LogP) is 4.35. The van der Waals surface area contributed by atoms with Crippen LogP contribution in [0.5, 0.6) is 5.75 Å². The molecule has 1 aliphatic rings. The molecule has 0 amide bonds. The third kappa shape index (κ3) is 3.75. The summed E-state index contributed by atoms with van der Waals surface area (Å²) in [5.41, 5.74) is 2.48. The molecule has 0 spiro atoms. The zero-order valence-corrected chi connectivity index (χ0v) is 15.9. The largest absolute Gasteiger partial charge is 0.489 e. The van der Waals surface area contributed by atoms with Crippen molar-refractivity contribution in [2.24, 2.45) is 5.92 Å². The summed E-state index contributed by atoms with van der Waals surface area (Å²) in [5, 5.41) is 5.87. The van der Waals surface area contributed by atoms with Crippen LogP contribution in [-0.2, 0) is 13.2 Å². The van der Waals surface area contributed by atoms with Gasteiger partial charge in [-0.25, -0.2) is 0 Å². The van der Waals surface area contributed by atoms with Crippen molar-refractivity contribution in [1.82, 2.24) is 14.7 Å². The summed E-state index contributed by atoms with van der Waals surface area (Å²) in [7, 11) is 0. The van der Waals surface area contributed by atoms with Gasteiger partial charge in [-0.3, -0.25) is 9.58 Å². The molecule has 0 N–H and O–H groups in total. The maximum atomic E-state index is 5.93. The molecule has 3 aromatic rings. The highest BCUT2D eigenvalue weighted by molar-refractivity contribution is 5.79. The lowest BCUT2D eigenvalue weighted by molar-refractivity contribution is 0.00547. The Balaban J connectivity index is 1.38. The van der Waals surface area contributed by atoms with Gasteiger partial charge in [-0.2, -0.15) is 5.10 Å². The van der Waals surface area contributed by atoms with Crippen molar-refractivity contribution in [3.63, 3.8) is 0 Å². The van der Waals surface area contributed by atoms with E-state index in [0.29, 0.717) is 12.5 Å². The number of aromatic nitrogens is 2. The van der Waals surface area contributed by atoms with E-state index in [9.17, 15) is 0 Å². The fourth-order valence-corrected chi connectivity index (χ4v) is 3.48. The smallest absolute Gasteiger partial charge is 0.120 e. The molecule has 26 heavy (non-hydrogen) atoms. The minimum atomic E-state index is 0.274. The second-order valence-corrected chi connectivity index (χ2v) is 8.29. The molecule has 2 aromatic carbocycles. The first-order valence-corrected chi connectivity index (χ1v) is 9.36. The van der Waals surface area contributed by atoms with Gasteiger partial charge in [0.2, 0.25) is 0 Å². The van der Waals surface area contributed by atoms with E-state index in [-0.39, 0.29) is 5.54 Å². The number of nitrogens with zero attached hydrogens (tertiary/aromatic N) is 3. The van der Waals surface area contributed by atoms with Crippen LogP contribution in [0, 0.1) is 5.92 Å². The number of hydrogen-bond donors (Lipinski definition) is 0. The lowest BCUT2D eigenvalue weighted by Crippen LogP contribution is -2.56. The van der Waals surface area contributed by atoms with E-state index in [1.165, 1.54) is 5.56 Å². The van der Waals surface area contributed by atoms with E-state index >= 15 is 0 Å². The molecule has 136 valence electrons. The number of likely N-dealkylation sites (tertiary alicyclic amines) is 1. The van der Waals surface area contributed by atoms with E-state index in [1.54, 1.807) is 0 Å². The Bertz CT molecular complexity index is 873. The summed E-state index contributed by atoms with van der Waals surface area (Å²) >= 11 is 0. The zero-order chi connectivity index (χ0) is 18.1. The monoisotopic (exact) mass is 349 g/mol. The van der Waals surface area contributed by atoms with Crippen molar-refractivity contribution in [1.29, 1.82) is 0 Å². The van der Waals surface area contributed by atoms with Crippen LogP contribution in [0.2, 0.25) is 0 Å². The van der Waals surface area contributed by atoms with Crippen LogP contribution >= 0.6 is 0 Å². The Labute approximate surface area is 155 Å². The lowest BCUT2D eigenvalue weighted by atomic mass is 9.92. The molecule has 0 atom stereocenters. The highest BCUT2D eigenvalue weighted by atomic mass is 16.5. The average molecular weight is 349 g/mol. The molecule has 2 heterocycles. The van der Waals surface area contributed by atoms with Gasteiger partial charge < -0.3 is 4.74 Å². The standard InChI is InChI=1S/C22H27N3O/c1-22(2,3)24-12-18(13-24)14-25-15-19-11-20(9-10-21(19)23-25)26-16-17-7-5-4-6-8-17/h4-11,15,18H,12-14,16H2,1-3H3. The quantitative estimate of drug-likeness (QED) is 0.686. The highest BCUT2D eigenvalue weighted by Gasteiger charge is 2.34. The topological polar surface area (TPSA) is 30.3 Å². The van der Waals surface area contributed by atoms with Crippen LogP contribution < -0.4 is 4.74 Å². The Kier molecular flexibility index (Phi) is 4.45. The normalized spacial score (nSPS) is 16.0. The summed E-state index contributed by atoms with van der Waals surface area (Å²) in [6, 6.07) is 16.4. The Morgan fingerprint density at radius 1 is 1.08 bits per heavy atom. The summed E-state index contributed by atoms with van der Waals surface area (Å²) in [6.07, 6.45) is 2.14. The summed E-state index contributed by atoms with van der Waals surface area (Å²) in [4.78, 5) is 2.52. The van der Waals surface area contributed by atoms with Crippen molar-refractivity contribution in [2.75, 3.05) is 13.1 Å². The van der Waals surface area contributed by atoms with Crippen molar-refractivity contribution >= 4 is 10.9 Å². The summed E-state index contributed by atoms with van der Waals surface area (Å²) in [5.74, 6) is 1.58. The first kappa shape index (κ1) is 17.1. The van der Waals surface area contributed by atoms with E-state index in [0.717, 1.165) is 36.3 Å². The van der Waals surface area contributed by atoms with Gasteiger partial charge in [0, 0.05) is 42.7 Å². The fourth-order valence-electron chi connectivity index (χ4n) is 3.48. The van der Waals surface area contributed by atoms with Gasteiger partial charge >= 0.3 is 0 Å². The number of rotatable bonds is 5. The number of hydrogen-bond acceptors (Lipinski definition) is 3. The zero-order valence-electron chi connectivity index (χ0n) is 15.9. The van der Waals surface area contributed by atoms with E-state index in [2.05, 4.69) is 54.7 Å². The molecule has 0 aliphatic carbocycles. The van der Waals surface area contributed by atoms with Gasteiger partial charge in [-0.15, -0.1) is 0 Å². The van der Waals surface area contributed by atoms with Crippen LogP contribution in [0.15, 0.2) is 54.7 Å². The third-order valence-corrected chi connectivity index (χ3v) is 5.12. The molecule has 1 saturated heterocycles. The van der Waals surface area contributed by atoms with Gasteiger partial charge in [-0.05, 0) is 44.5 Å². The van der Waals surface area contributed by atoms with E-state index in [1.807, 2.05) is 30.3 Å². The molecular weight excluding hydrogens is 322 g/mol. The molecular formula is C22H27N3O. The van der Waals surface area contributed by atoms with Crippen molar-refractivity contribution < 1.29 is 4.74 Å². The fraction of sp³-hybridized carbons (Fsp3) is 0.409. The average Bonchev–Trinajstić information content (AvgIpc) is 2.97. The number of benzene rings is 2. The van der Waals surface area contributed by atoms with E-state index in [4.69, 9.17) is 9.84 Å². The Morgan fingerprint density at radius 3 is 2.58 bits per heavy atom. The minimum absolute atomic E-state index is 0.274. The van der Waals surface area contributed by atoms with E-state index < -0.39 is 0 Å². The van der Waals surface area contributed by atoms with Crippen LogP contribution in [0.1, 0.15) is 26.3 Å². The molecule has 1 fully saturated rings. The summed E-state index contributed by atoms with van der Waals surface area (Å²) in [6.45, 7) is 10.7. The molecule has 4 rings (SSSR count). The van der Waals surface area contributed by atoms with Crippen LogP contribution in [0.25, 0.3) is 10.9 Å². The Morgan fingerprint density at radius 2 is 1.85 bits per heavy atom. The third-order valence-electron chi connectivity index (χ3n) is 5.12. The molecule has 0 saturated carbocycles. The SMILES string of the molecule is CC(C)(C)N1CC(Cn2cc3cc(OCc4ccccc4)ccc3n2)C1. The Hall–Kier alpha value is -2.33. The molecule has 0 radical (unpaired) electrons. The van der Waals surface area contributed by atoms with Crippen LogP contribution in [0.3, 0.4) is 0 Å². The first-order valence-electron chi connectivity index (χ1n) is 9.36. The second kappa shape index (κ2) is 6.76. The molecule has 4 nitrogen and oxygen atoms in total. The number of ether oxygens (including phenoxy) is 1. The van der Waals surface area contributed by atoms with Gasteiger partial charge in [0.1, 0.15) is 12.4 Å². The number of fused-ring (bicyclic) bond motifs is 1. The van der Waals surface area contributed by atoms with Crippen molar-refractivity contribution in [3.8, 4) is 5.75 Å². The summed E-state index contributed by atoms with van der Waals surface area (Å²) < 4.78 is 8.02. The van der Waals surface area contributed by atoms with Gasteiger partial charge in [-0.1, -0.05) is 30.3 Å². The van der Waals surface area contributed by atoms with Crippen LogP contribution in [0.4, 0.5) is 0 Å². The van der Waals surface area contributed by atoms with Gasteiger partial charge in [0.25, 0.3) is 0 Å². The van der Waals surface area contributed by atoms with Gasteiger partial charge in [0.15, 0.2) is 0 Å². The molecule has 0 bridgehead atoms. The highest BCUT2D eigenvalue weighted by Crippen LogP contribution is 2.27. The second-order valence-electron chi connectivity index (χ2n) is 8.29. The van der Waals surface area contributed by atoms with Crippen molar-refractivity contribution in [3.05, 3.63) is 60.3 Å². The lowest BCUT2D eigenvalue weighted by Gasteiger charge is -2.47. The molecule has 1 aliphatic heterocycles. The maximum absolute atomic E-state index is 5.93. The van der Waals surface area contributed by atoms with Gasteiger partial charge in [0.05, 0.1) is 5.52 Å². The maximum Gasteiger partial charge on any atom is 0.120 e. The van der Waals surface area contributed by atoms with Crippen LogP contribution in [-0.4, -0.2) is 33.3 Å². The molecule has 0 unspecified atom stereocenters. The van der Waals surface area contributed by atoms with Crippen molar-refractivity contribution in [2.45, 2.75) is 39.5 Å². The molecule has 1 aromatic heterocycles.